The van der Waals surface area contributed by atoms with E-state index in [-0.39, 0.29) is 18.6 Å². The summed E-state index contributed by atoms with van der Waals surface area (Å²) in [6.45, 7) is 1.72. The lowest BCUT2D eigenvalue weighted by Crippen LogP contribution is -2.52. The second kappa shape index (κ2) is 9.84. The van der Waals surface area contributed by atoms with Crippen LogP contribution in [-0.2, 0) is 25.8 Å². The van der Waals surface area contributed by atoms with Gasteiger partial charge in [0.2, 0.25) is 0 Å². The van der Waals surface area contributed by atoms with Crippen LogP contribution in [0.1, 0.15) is 18.9 Å². The zero-order chi connectivity index (χ0) is 20.8. The van der Waals surface area contributed by atoms with E-state index in [0.717, 1.165) is 5.56 Å². The van der Waals surface area contributed by atoms with Crippen LogP contribution in [0.25, 0.3) is 0 Å². The standard InChI is InChI=1S/C19H21N3O5S2/c1-13(23)27-20-9-15-11-29-12-22(15)18(24)17-16(28)7-8-21(17)19(25)26-10-14-5-3-2-4-6-14/h2-6,9,15,17H,7-8,10-12H2,1H3/t15-,17+/m1/s1. The molecule has 0 bridgehead atoms. The van der Waals surface area contributed by atoms with Crippen molar-refractivity contribution in [3.8, 4) is 0 Å². The van der Waals surface area contributed by atoms with E-state index in [9.17, 15) is 14.4 Å². The average Bonchev–Trinajstić information content (AvgIpc) is 3.33. The molecule has 2 heterocycles. The summed E-state index contributed by atoms with van der Waals surface area (Å²) in [6.07, 6.45) is 1.33. The van der Waals surface area contributed by atoms with E-state index < -0.39 is 18.1 Å². The Hall–Kier alpha value is -2.46. The number of hydrogen-bond acceptors (Lipinski definition) is 8. The van der Waals surface area contributed by atoms with Crippen LogP contribution in [0, 0.1) is 0 Å². The van der Waals surface area contributed by atoms with Gasteiger partial charge in [-0.1, -0.05) is 47.7 Å². The third-order valence-electron chi connectivity index (χ3n) is 4.51. The molecule has 0 saturated carbocycles. The van der Waals surface area contributed by atoms with Crippen LogP contribution in [-0.4, -0.2) is 69.1 Å². The molecule has 29 heavy (non-hydrogen) atoms. The van der Waals surface area contributed by atoms with Gasteiger partial charge in [0, 0.05) is 24.1 Å². The van der Waals surface area contributed by atoms with E-state index in [1.807, 2.05) is 30.3 Å². The fourth-order valence-corrected chi connectivity index (χ4v) is 4.53. The Labute approximate surface area is 178 Å². The van der Waals surface area contributed by atoms with Crippen LogP contribution in [0.3, 0.4) is 0 Å². The first-order chi connectivity index (χ1) is 14.0. The molecule has 2 fully saturated rings. The molecule has 0 N–H and O–H groups in total. The molecule has 0 spiro atoms. The van der Waals surface area contributed by atoms with Crippen LogP contribution in [0.4, 0.5) is 4.79 Å². The first kappa shape index (κ1) is 21.3. The Morgan fingerprint density at radius 1 is 1.28 bits per heavy atom. The maximum Gasteiger partial charge on any atom is 0.411 e. The highest BCUT2D eigenvalue weighted by molar-refractivity contribution is 7.99. The van der Waals surface area contributed by atoms with Crippen molar-refractivity contribution < 1.29 is 24.0 Å². The number of carbonyl (C=O) groups excluding carboxylic acids is 3. The van der Waals surface area contributed by atoms with Gasteiger partial charge in [0.1, 0.15) is 12.6 Å². The zero-order valence-electron chi connectivity index (χ0n) is 15.9. The summed E-state index contributed by atoms with van der Waals surface area (Å²) >= 11 is 6.93. The summed E-state index contributed by atoms with van der Waals surface area (Å²) in [7, 11) is 0. The molecular weight excluding hydrogens is 414 g/mol. The van der Waals surface area contributed by atoms with Gasteiger partial charge in [-0.15, -0.1) is 11.8 Å². The summed E-state index contributed by atoms with van der Waals surface area (Å²) < 4.78 is 5.39. The number of thiocarbonyl (C=S) groups is 1. The van der Waals surface area contributed by atoms with Crippen molar-refractivity contribution in [3.05, 3.63) is 35.9 Å². The SMILES string of the molecule is CC(=O)ON=C[C@@H]1CSCN1C(=O)[C@@H]1C(=S)CCN1C(=O)OCc1ccccc1. The summed E-state index contributed by atoms with van der Waals surface area (Å²) in [5.41, 5.74) is 0.864. The van der Waals surface area contributed by atoms with Gasteiger partial charge < -0.3 is 14.5 Å². The maximum atomic E-state index is 13.2. The molecule has 2 saturated heterocycles. The molecule has 2 aliphatic rings. The van der Waals surface area contributed by atoms with E-state index in [1.165, 1.54) is 18.0 Å². The van der Waals surface area contributed by atoms with Crippen LogP contribution in [0.15, 0.2) is 35.5 Å². The van der Waals surface area contributed by atoms with Gasteiger partial charge in [-0.25, -0.2) is 9.59 Å². The zero-order valence-corrected chi connectivity index (χ0v) is 17.5. The maximum absolute atomic E-state index is 13.2. The van der Waals surface area contributed by atoms with Crippen molar-refractivity contribution in [1.29, 1.82) is 0 Å². The second-order valence-electron chi connectivity index (χ2n) is 6.57. The van der Waals surface area contributed by atoms with Gasteiger partial charge in [-0.05, 0) is 12.0 Å². The molecule has 2 amide bonds. The van der Waals surface area contributed by atoms with Gasteiger partial charge in [0.05, 0.1) is 18.1 Å². The predicted molar refractivity (Wildman–Crippen MR) is 113 cm³/mol. The third-order valence-corrected chi connectivity index (χ3v) is 5.97. The normalized spacial score (nSPS) is 21.6. The van der Waals surface area contributed by atoms with Crippen LogP contribution in [0.5, 0.6) is 0 Å². The minimum Gasteiger partial charge on any atom is -0.445 e. The van der Waals surface area contributed by atoms with Gasteiger partial charge in [0.25, 0.3) is 5.91 Å². The Balaban J connectivity index is 1.65. The number of oxime groups is 1. The van der Waals surface area contributed by atoms with E-state index >= 15 is 0 Å². The molecule has 2 atom stereocenters. The molecule has 1 aromatic carbocycles. The molecule has 0 unspecified atom stereocenters. The molecule has 3 rings (SSSR count). The molecule has 2 aliphatic heterocycles. The summed E-state index contributed by atoms with van der Waals surface area (Å²) in [4.78, 5) is 44.7. The molecule has 0 aromatic heterocycles. The van der Waals surface area contributed by atoms with E-state index in [4.69, 9.17) is 17.0 Å². The highest BCUT2D eigenvalue weighted by Crippen LogP contribution is 2.26. The van der Waals surface area contributed by atoms with Crippen molar-refractivity contribution in [2.45, 2.75) is 32.0 Å². The Kier molecular flexibility index (Phi) is 7.21. The number of thioether (sulfide) groups is 1. The number of likely N-dealkylation sites (tertiary alicyclic amines) is 1. The van der Waals surface area contributed by atoms with Gasteiger partial charge in [-0.2, -0.15) is 0 Å². The third kappa shape index (κ3) is 5.33. The summed E-state index contributed by atoms with van der Waals surface area (Å²) in [5.74, 6) is 0.262. The van der Waals surface area contributed by atoms with E-state index in [0.29, 0.717) is 29.5 Å². The van der Waals surface area contributed by atoms with Crippen molar-refractivity contribution in [3.63, 3.8) is 0 Å². The number of amides is 2. The van der Waals surface area contributed by atoms with Gasteiger partial charge >= 0.3 is 12.1 Å². The minimum atomic E-state index is -0.836. The largest absolute Gasteiger partial charge is 0.445 e. The highest BCUT2D eigenvalue weighted by atomic mass is 32.2. The average molecular weight is 436 g/mol. The van der Waals surface area contributed by atoms with Gasteiger partial charge in [-0.3, -0.25) is 9.69 Å². The van der Waals surface area contributed by atoms with Crippen molar-refractivity contribution in [2.24, 2.45) is 5.16 Å². The van der Waals surface area contributed by atoms with Crippen molar-refractivity contribution in [2.75, 3.05) is 18.2 Å². The fourth-order valence-electron chi connectivity index (χ4n) is 3.08. The minimum absolute atomic E-state index is 0.126. The highest BCUT2D eigenvalue weighted by Gasteiger charge is 2.43. The molecule has 1 aromatic rings. The van der Waals surface area contributed by atoms with Crippen molar-refractivity contribution in [1.82, 2.24) is 9.80 Å². The Morgan fingerprint density at radius 3 is 2.76 bits per heavy atom. The smallest absolute Gasteiger partial charge is 0.411 e. The fraction of sp³-hybridized carbons (Fsp3) is 0.421. The molecular formula is C19H21N3O5S2. The lowest BCUT2D eigenvalue weighted by molar-refractivity contribution is -0.140. The molecule has 10 heteroatoms. The number of rotatable bonds is 5. The van der Waals surface area contributed by atoms with Crippen LogP contribution in [0.2, 0.25) is 0 Å². The topological polar surface area (TPSA) is 88.5 Å². The quantitative estimate of drug-likeness (QED) is 0.303. The number of nitrogens with zero attached hydrogens (tertiary/aromatic N) is 3. The van der Waals surface area contributed by atoms with E-state index in [2.05, 4.69) is 9.99 Å². The predicted octanol–water partition coefficient (Wildman–Crippen LogP) is 2.22. The molecule has 0 aliphatic carbocycles. The lowest BCUT2D eigenvalue weighted by atomic mass is 10.1. The van der Waals surface area contributed by atoms with E-state index in [1.54, 1.807) is 16.7 Å². The molecule has 0 radical (unpaired) electrons. The van der Waals surface area contributed by atoms with Crippen LogP contribution >= 0.6 is 24.0 Å². The second-order valence-corrected chi connectivity index (χ2v) is 8.09. The number of hydrogen-bond donors (Lipinski definition) is 0. The molecule has 8 nitrogen and oxygen atoms in total. The monoisotopic (exact) mass is 435 g/mol. The summed E-state index contributed by atoms with van der Waals surface area (Å²) in [6, 6.07) is 8.16. The Morgan fingerprint density at radius 2 is 2.03 bits per heavy atom. The first-order valence-electron chi connectivity index (χ1n) is 9.06. The van der Waals surface area contributed by atoms with Gasteiger partial charge in [0.15, 0.2) is 0 Å². The first-order valence-corrected chi connectivity index (χ1v) is 10.6. The van der Waals surface area contributed by atoms with Crippen LogP contribution < -0.4 is 0 Å². The number of ether oxygens (including phenoxy) is 1. The Bertz CT molecular complexity index is 817. The number of benzene rings is 1. The summed E-state index contributed by atoms with van der Waals surface area (Å²) in [5, 5.41) is 3.63. The number of carbonyl (C=O) groups is 3. The lowest BCUT2D eigenvalue weighted by Gasteiger charge is -2.29. The molecule has 154 valence electrons. The van der Waals surface area contributed by atoms with Crippen molar-refractivity contribution >= 4 is 53.0 Å².